The molecule has 0 radical (unpaired) electrons. The van der Waals surface area contributed by atoms with Gasteiger partial charge in [-0.25, -0.2) is 4.79 Å². The molecular weight excluding hydrogens is 216 g/mol. The fourth-order valence-corrected chi connectivity index (χ4v) is 2.31. The number of hydrogen-bond acceptors (Lipinski definition) is 3. The van der Waals surface area contributed by atoms with Crippen molar-refractivity contribution in [3.05, 3.63) is 35.9 Å². The summed E-state index contributed by atoms with van der Waals surface area (Å²) in [5, 5.41) is 0. The quantitative estimate of drug-likeness (QED) is 0.751. The summed E-state index contributed by atoms with van der Waals surface area (Å²) in [6, 6.07) is 9.62. The first-order valence-electron chi connectivity index (χ1n) is 6.13. The van der Waals surface area contributed by atoms with Gasteiger partial charge in [-0.05, 0) is 18.9 Å². The van der Waals surface area contributed by atoms with Crippen molar-refractivity contribution in [1.82, 2.24) is 0 Å². The van der Waals surface area contributed by atoms with Crippen molar-refractivity contribution in [2.24, 2.45) is 0 Å². The lowest BCUT2D eigenvalue weighted by molar-refractivity contribution is -0.161. The minimum Gasteiger partial charge on any atom is -0.460 e. The number of benzene rings is 1. The van der Waals surface area contributed by atoms with Gasteiger partial charge >= 0.3 is 5.97 Å². The molecule has 0 saturated carbocycles. The van der Waals surface area contributed by atoms with E-state index in [1.807, 2.05) is 44.2 Å². The molecule has 0 N–H and O–H groups in total. The van der Waals surface area contributed by atoms with Crippen LogP contribution in [0.15, 0.2) is 30.3 Å². The summed E-state index contributed by atoms with van der Waals surface area (Å²) in [5.74, 6) is -0.252. The molecule has 2 unspecified atom stereocenters. The summed E-state index contributed by atoms with van der Waals surface area (Å²) in [7, 11) is 0. The van der Waals surface area contributed by atoms with Crippen molar-refractivity contribution < 1.29 is 14.3 Å². The first kappa shape index (κ1) is 12.1. The van der Waals surface area contributed by atoms with Gasteiger partial charge in [0.1, 0.15) is 6.10 Å². The van der Waals surface area contributed by atoms with Crippen LogP contribution in [0.2, 0.25) is 0 Å². The van der Waals surface area contributed by atoms with E-state index in [4.69, 9.17) is 9.47 Å². The Morgan fingerprint density at radius 1 is 1.35 bits per heavy atom. The Balaban J connectivity index is 2.37. The Kier molecular flexibility index (Phi) is 3.48. The molecule has 3 nitrogen and oxygen atoms in total. The molecule has 0 spiro atoms. The molecule has 2 rings (SSSR count). The Bertz CT molecular complexity index is 388. The minimum atomic E-state index is -0.892. The van der Waals surface area contributed by atoms with E-state index in [0.29, 0.717) is 13.0 Å². The lowest BCUT2D eigenvalue weighted by atomic mass is 9.89. The molecule has 2 atom stereocenters. The second kappa shape index (κ2) is 4.88. The summed E-state index contributed by atoms with van der Waals surface area (Å²) < 4.78 is 11.1. The summed E-state index contributed by atoms with van der Waals surface area (Å²) in [4.78, 5) is 12.1. The Hall–Kier alpha value is -1.35. The second-order valence-electron chi connectivity index (χ2n) is 4.27. The molecule has 1 heterocycles. The van der Waals surface area contributed by atoms with Gasteiger partial charge in [0.2, 0.25) is 0 Å². The van der Waals surface area contributed by atoms with Crippen LogP contribution < -0.4 is 0 Å². The number of esters is 1. The van der Waals surface area contributed by atoms with Gasteiger partial charge in [0, 0.05) is 13.0 Å². The number of cyclic esters (lactones) is 1. The lowest BCUT2D eigenvalue weighted by Gasteiger charge is -2.25. The molecule has 1 fully saturated rings. The summed E-state index contributed by atoms with van der Waals surface area (Å²) in [6.45, 7) is 4.42. The van der Waals surface area contributed by atoms with Gasteiger partial charge in [-0.2, -0.15) is 0 Å². The van der Waals surface area contributed by atoms with Crippen LogP contribution in [0.4, 0.5) is 0 Å². The predicted octanol–water partition coefficient (Wildman–Crippen LogP) is 2.64. The van der Waals surface area contributed by atoms with E-state index in [2.05, 4.69) is 0 Å². The Morgan fingerprint density at radius 3 is 2.59 bits per heavy atom. The Labute approximate surface area is 102 Å². The third kappa shape index (κ3) is 2.07. The van der Waals surface area contributed by atoms with E-state index >= 15 is 0 Å². The van der Waals surface area contributed by atoms with Crippen molar-refractivity contribution in [2.45, 2.75) is 38.4 Å². The molecule has 1 aromatic rings. The van der Waals surface area contributed by atoms with Crippen LogP contribution in [0.25, 0.3) is 0 Å². The lowest BCUT2D eigenvalue weighted by Crippen LogP contribution is -2.34. The summed E-state index contributed by atoms with van der Waals surface area (Å²) in [5.41, 5.74) is -0.000694. The van der Waals surface area contributed by atoms with Crippen LogP contribution in [0.1, 0.15) is 32.3 Å². The highest BCUT2D eigenvalue weighted by Gasteiger charge is 2.50. The van der Waals surface area contributed by atoms with E-state index in [0.717, 1.165) is 12.0 Å². The van der Waals surface area contributed by atoms with Gasteiger partial charge in [-0.15, -0.1) is 0 Å². The fourth-order valence-electron chi connectivity index (χ4n) is 2.31. The smallest absolute Gasteiger partial charge is 0.343 e. The van der Waals surface area contributed by atoms with Gasteiger partial charge < -0.3 is 9.47 Å². The maximum absolute atomic E-state index is 12.1. The largest absolute Gasteiger partial charge is 0.460 e. The number of ether oxygens (including phenoxy) is 2. The normalized spacial score (nSPS) is 28.1. The molecule has 0 aliphatic carbocycles. The minimum absolute atomic E-state index is 0.0331. The predicted molar refractivity (Wildman–Crippen MR) is 64.5 cm³/mol. The zero-order chi connectivity index (χ0) is 12.3. The van der Waals surface area contributed by atoms with Crippen molar-refractivity contribution in [3.8, 4) is 0 Å². The van der Waals surface area contributed by atoms with Crippen molar-refractivity contribution in [3.63, 3.8) is 0 Å². The third-order valence-corrected chi connectivity index (χ3v) is 3.20. The van der Waals surface area contributed by atoms with E-state index in [-0.39, 0.29) is 12.1 Å². The number of carbonyl (C=O) groups is 1. The van der Waals surface area contributed by atoms with Crippen LogP contribution in [0.5, 0.6) is 0 Å². The van der Waals surface area contributed by atoms with Crippen LogP contribution in [0, 0.1) is 0 Å². The zero-order valence-corrected chi connectivity index (χ0v) is 10.3. The third-order valence-electron chi connectivity index (χ3n) is 3.20. The highest BCUT2D eigenvalue weighted by atomic mass is 16.6. The maximum Gasteiger partial charge on any atom is 0.343 e. The average Bonchev–Trinajstić information content (AvgIpc) is 2.69. The van der Waals surface area contributed by atoms with Crippen molar-refractivity contribution in [2.75, 3.05) is 6.61 Å². The number of hydrogen-bond donors (Lipinski definition) is 0. The van der Waals surface area contributed by atoms with Gasteiger partial charge in [-0.3, -0.25) is 0 Å². The molecule has 1 saturated heterocycles. The number of rotatable bonds is 4. The first-order chi connectivity index (χ1) is 8.23. The molecule has 17 heavy (non-hydrogen) atoms. The second-order valence-corrected chi connectivity index (χ2v) is 4.27. The standard InChI is InChI=1S/C14H18O3/c1-3-12-10-14(16-4-2,13(15)17-12)11-8-6-5-7-9-11/h5-9,12H,3-4,10H2,1-2H3. The molecule has 1 aliphatic rings. The van der Waals surface area contributed by atoms with Crippen LogP contribution >= 0.6 is 0 Å². The van der Waals surface area contributed by atoms with Crippen molar-refractivity contribution >= 4 is 5.97 Å². The van der Waals surface area contributed by atoms with E-state index in [9.17, 15) is 4.79 Å². The average molecular weight is 234 g/mol. The van der Waals surface area contributed by atoms with Gasteiger partial charge in [0.15, 0.2) is 5.60 Å². The van der Waals surface area contributed by atoms with E-state index < -0.39 is 5.60 Å². The van der Waals surface area contributed by atoms with Gasteiger partial charge in [-0.1, -0.05) is 37.3 Å². The SMILES string of the molecule is CCOC1(c2ccccc2)CC(CC)OC1=O. The van der Waals surface area contributed by atoms with Gasteiger partial charge in [0.25, 0.3) is 0 Å². The van der Waals surface area contributed by atoms with Crippen LogP contribution in [0.3, 0.4) is 0 Å². The van der Waals surface area contributed by atoms with Crippen LogP contribution in [-0.4, -0.2) is 18.7 Å². The van der Waals surface area contributed by atoms with Gasteiger partial charge in [0.05, 0.1) is 0 Å². The van der Waals surface area contributed by atoms with E-state index in [1.165, 1.54) is 0 Å². The molecule has 0 bridgehead atoms. The molecule has 3 heteroatoms. The zero-order valence-electron chi connectivity index (χ0n) is 10.3. The maximum atomic E-state index is 12.1. The van der Waals surface area contributed by atoms with Crippen LogP contribution in [-0.2, 0) is 19.9 Å². The monoisotopic (exact) mass is 234 g/mol. The molecule has 0 aromatic heterocycles. The van der Waals surface area contributed by atoms with Crippen molar-refractivity contribution in [1.29, 1.82) is 0 Å². The van der Waals surface area contributed by atoms with E-state index in [1.54, 1.807) is 0 Å². The summed E-state index contributed by atoms with van der Waals surface area (Å²) >= 11 is 0. The summed E-state index contributed by atoms with van der Waals surface area (Å²) in [6.07, 6.45) is 1.40. The topological polar surface area (TPSA) is 35.5 Å². The molecule has 0 amide bonds. The fraction of sp³-hybridized carbons (Fsp3) is 0.500. The molecular formula is C14H18O3. The highest BCUT2D eigenvalue weighted by Crippen LogP contribution is 2.39. The Morgan fingerprint density at radius 2 is 2.06 bits per heavy atom. The molecule has 1 aliphatic heterocycles. The molecule has 1 aromatic carbocycles. The number of carbonyl (C=O) groups excluding carboxylic acids is 1. The first-order valence-corrected chi connectivity index (χ1v) is 6.13. The highest BCUT2D eigenvalue weighted by molar-refractivity contribution is 5.83. The molecule has 92 valence electrons.